The van der Waals surface area contributed by atoms with E-state index in [4.69, 9.17) is 9.47 Å². The van der Waals surface area contributed by atoms with Gasteiger partial charge in [0.25, 0.3) is 0 Å². The van der Waals surface area contributed by atoms with Crippen LogP contribution in [0.15, 0.2) is 12.1 Å². The van der Waals surface area contributed by atoms with E-state index in [9.17, 15) is 4.79 Å². The lowest BCUT2D eigenvalue weighted by Gasteiger charge is -2.29. The third kappa shape index (κ3) is 2.73. The average Bonchev–Trinajstić information content (AvgIpc) is 2.39. The number of carbonyl (C=O) groups excluding carboxylic acids is 1. The molecule has 1 aliphatic heterocycles. The zero-order valence-corrected chi connectivity index (χ0v) is 12.0. The Bertz CT molecular complexity index is 485. The Morgan fingerprint density at radius 3 is 2.58 bits per heavy atom. The van der Waals surface area contributed by atoms with Crippen LogP contribution in [0.2, 0.25) is 0 Å². The highest BCUT2D eigenvalue weighted by molar-refractivity contribution is 5.89. The lowest BCUT2D eigenvalue weighted by atomic mass is 9.85. The second-order valence-electron chi connectivity index (χ2n) is 5.11. The molecule has 0 spiro atoms. The monoisotopic (exact) mass is 263 g/mol. The highest BCUT2D eigenvalue weighted by Gasteiger charge is 2.30. The van der Waals surface area contributed by atoms with Crippen LogP contribution in [0.25, 0.3) is 0 Å². The van der Waals surface area contributed by atoms with Gasteiger partial charge in [0.05, 0.1) is 20.8 Å². The Morgan fingerprint density at radius 1 is 1.26 bits per heavy atom. The molecule has 4 nitrogen and oxygen atoms in total. The Kier molecular flexibility index (Phi) is 4.10. The third-order valence-corrected chi connectivity index (χ3v) is 3.74. The summed E-state index contributed by atoms with van der Waals surface area (Å²) in [5, 5.41) is 0. The minimum Gasteiger partial charge on any atom is -0.497 e. The molecule has 0 aliphatic carbocycles. The molecule has 0 aromatic heterocycles. The maximum Gasteiger partial charge on any atom is 0.154 e. The van der Waals surface area contributed by atoms with E-state index in [1.54, 1.807) is 14.2 Å². The first-order chi connectivity index (χ1) is 9.06. The van der Waals surface area contributed by atoms with E-state index in [2.05, 4.69) is 4.90 Å². The number of benzene rings is 1. The second-order valence-corrected chi connectivity index (χ2v) is 5.11. The summed E-state index contributed by atoms with van der Waals surface area (Å²) in [7, 11) is 5.25. The van der Waals surface area contributed by atoms with Gasteiger partial charge in [0, 0.05) is 17.5 Å². The lowest BCUT2D eigenvalue weighted by Crippen LogP contribution is -2.37. The summed E-state index contributed by atoms with van der Waals surface area (Å²) in [6.45, 7) is 3.45. The molecule has 1 heterocycles. The Balaban J connectivity index is 2.41. The summed E-state index contributed by atoms with van der Waals surface area (Å²) >= 11 is 0. The fourth-order valence-corrected chi connectivity index (χ4v) is 2.74. The van der Waals surface area contributed by atoms with E-state index >= 15 is 0 Å². The SMILES string of the molecule is COc1cc(C)c(C2CCN(C)CC2=O)c(OC)c1. The van der Waals surface area contributed by atoms with Gasteiger partial charge in [-0.3, -0.25) is 9.69 Å². The van der Waals surface area contributed by atoms with Crippen molar-refractivity contribution in [2.75, 3.05) is 34.4 Å². The van der Waals surface area contributed by atoms with Gasteiger partial charge in [0.1, 0.15) is 11.5 Å². The van der Waals surface area contributed by atoms with Crippen molar-refractivity contribution in [2.24, 2.45) is 0 Å². The first-order valence-electron chi connectivity index (χ1n) is 6.50. The Hall–Kier alpha value is -1.55. The van der Waals surface area contributed by atoms with Crippen molar-refractivity contribution in [2.45, 2.75) is 19.3 Å². The van der Waals surface area contributed by atoms with Crippen LogP contribution >= 0.6 is 0 Å². The molecule has 2 rings (SSSR count). The maximum absolute atomic E-state index is 12.3. The van der Waals surface area contributed by atoms with Crippen LogP contribution in [0.1, 0.15) is 23.5 Å². The molecule has 1 aromatic carbocycles. The number of hydrogen-bond acceptors (Lipinski definition) is 4. The van der Waals surface area contributed by atoms with Crippen molar-refractivity contribution < 1.29 is 14.3 Å². The molecule has 1 aliphatic rings. The summed E-state index contributed by atoms with van der Waals surface area (Å²) in [6, 6.07) is 3.82. The average molecular weight is 263 g/mol. The number of ketones is 1. The van der Waals surface area contributed by atoms with Crippen molar-refractivity contribution in [1.82, 2.24) is 4.90 Å². The molecule has 0 amide bonds. The number of likely N-dealkylation sites (N-methyl/N-ethyl adjacent to an activating group) is 1. The first kappa shape index (κ1) is 13.9. The van der Waals surface area contributed by atoms with Gasteiger partial charge < -0.3 is 9.47 Å². The number of aryl methyl sites for hydroxylation is 1. The molecule has 1 aromatic rings. The van der Waals surface area contributed by atoms with Crippen LogP contribution in [-0.4, -0.2) is 45.0 Å². The Labute approximate surface area is 114 Å². The fraction of sp³-hybridized carbons (Fsp3) is 0.533. The molecular weight excluding hydrogens is 242 g/mol. The van der Waals surface area contributed by atoms with Crippen LogP contribution in [0.4, 0.5) is 0 Å². The Morgan fingerprint density at radius 2 is 2.00 bits per heavy atom. The van der Waals surface area contributed by atoms with Crippen molar-refractivity contribution in [3.63, 3.8) is 0 Å². The molecule has 4 heteroatoms. The topological polar surface area (TPSA) is 38.8 Å². The normalized spacial score (nSPS) is 20.4. The van der Waals surface area contributed by atoms with Crippen molar-refractivity contribution in [1.29, 1.82) is 0 Å². The molecule has 0 saturated carbocycles. The predicted octanol–water partition coefficient (Wildman–Crippen LogP) is 2.00. The van der Waals surface area contributed by atoms with Crippen molar-refractivity contribution >= 4 is 5.78 Å². The minimum absolute atomic E-state index is 0.0583. The van der Waals surface area contributed by atoms with Crippen LogP contribution in [0.5, 0.6) is 11.5 Å². The van der Waals surface area contributed by atoms with Gasteiger partial charge in [-0.05, 0) is 38.6 Å². The van der Waals surface area contributed by atoms with E-state index in [0.717, 1.165) is 35.6 Å². The van der Waals surface area contributed by atoms with E-state index in [1.807, 2.05) is 26.1 Å². The molecule has 104 valence electrons. The summed E-state index contributed by atoms with van der Waals surface area (Å²) in [4.78, 5) is 14.3. The van der Waals surface area contributed by atoms with Gasteiger partial charge in [0.2, 0.25) is 0 Å². The van der Waals surface area contributed by atoms with Gasteiger partial charge in [-0.15, -0.1) is 0 Å². The van der Waals surface area contributed by atoms with Gasteiger partial charge in [-0.2, -0.15) is 0 Å². The van der Waals surface area contributed by atoms with E-state index in [1.165, 1.54) is 0 Å². The van der Waals surface area contributed by atoms with E-state index in [-0.39, 0.29) is 11.7 Å². The first-order valence-corrected chi connectivity index (χ1v) is 6.50. The number of Topliss-reactive ketones (excluding diaryl/α,β-unsaturated/α-hetero) is 1. The fourth-order valence-electron chi connectivity index (χ4n) is 2.74. The number of nitrogens with zero attached hydrogens (tertiary/aromatic N) is 1. The van der Waals surface area contributed by atoms with Crippen molar-refractivity contribution in [3.8, 4) is 11.5 Å². The van der Waals surface area contributed by atoms with Gasteiger partial charge in [-0.25, -0.2) is 0 Å². The number of likely N-dealkylation sites (tertiary alicyclic amines) is 1. The number of piperidine rings is 1. The molecule has 1 atom stereocenters. The van der Waals surface area contributed by atoms with Crippen molar-refractivity contribution in [3.05, 3.63) is 23.3 Å². The largest absolute Gasteiger partial charge is 0.497 e. The number of rotatable bonds is 3. The van der Waals surface area contributed by atoms with Gasteiger partial charge in [-0.1, -0.05) is 0 Å². The molecule has 1 saturated heterocycles. The molecule has 1 unspecified atom stereocenters. The lowest BCUT2D eigenvalue weighted by molar-refractivity contribution is -0.123. The standard InChI is InChI=1S/C15H21NO3/c1-10-7-11(18-3)8-14(19-4)15(10)12-5-6-16(2)9-13(12)17/h7-8,12H,5-6,9H2,1-4H3. The second kappa shape index (κ2) is 5.61. The molecule has 0 N–H and O–H groups in total. The number of methoxy groups -OCH3 is 2. The quantitative estimate of drug-likeness (QED) is 0.836. The predicted molar refractivity (Wildman–Crippen MR) is 74.1 cm³/mol. The summed E-state index contributed by atoms with van der Waals surface area (Å²) in [6.07, 6.45) is 0.846. The number of carbonyl (C=O) groups is 1. The molecule has 19 heavy (non-hydrogen) atoms. The summed E-state index contributed by atoms with van der Waals surface area (Å²) in [5.74, 6) is 1.72. The number of hydrogen-bond donors (Lipinski definition) is 0. The van der Waals surface area contributed by atoms with Crippen LogP contribution in [0.3, 0.4) is 0 Å². The highest BCUT2D eigenvalue weighted by atomic mass is 16.5. The van der Waals surface area contributed by atoms with Crippen LogP contribution in [-0.2, 0) is 4.79 Å². The zero-order chi connectivity index (χ0) is 14.0. The van der Waals surface area contributed by atoms with Gasteiger partial charge in [0.15, 0.2) is 5.78 Å². The molecule has 0 bridgehead atoms. The summed E-state index contributed by atoms with van der Waals surface area (Å²) < 4.78 is 10.7. The van der Waals surface area contributed by atoms with Crippen LogP contribution in [0, 0.1) is 6.92 Å². The maximum atomic E-state index is 12.3. The van der Waals surface area contributed by atoms with E-state index in [0.29, 0.717) is 6.54 Å². The highest BCUT2D eigenvalue weighted by Crippen LogP contribution is 2.37. The third-order valence-electron chi connectivity index (χ3n) is 3.74. The van der Waals surface area contributed by atoms with Gasteiger partial charge >= 0.3 is 0 Å². The number of ether oxygens (including phenoxy) is 2. The summed E-state index contributed by atoms with van der Waals surface area (Å²) in [5.41, 5.74) is 2.07. The molecule has 0 radical (unpaired) electrons. The van der Waals surface area contributed by atoms with E-state index < -0.39 is 0 Å². The molecular formula is C15H21NO3. The molecule has 1 fully saturated rings. The zero-order valence-electron chi connectivity index (χ0n) is 12.0. The van der Waals surface area contributed by atoms with Crippen LogP contribution < -0.4 is 9.47 Å². The minimum atomic E-state index is -0.0583. The smallest absolute Gasteiger partial charge is 0.154 e.